The molecule has 98 valence electrons. The molecule has 0 bridgehead atoms. The molecule has 0 radical (unpaired) electrons. The fourth-order valence-electron chi connectivity index (χ4n) is 1.94. The molecule has 2 aromatic rings. The van der Waals surface area contributed by atoms with Crippen LogP contribution in [0.15, 0.2) is 36.4 Å². The van der Waals surface area contributed by atoms with Gasteiger partial charge < -0.3 is 14.4 Å². The number of fused-ring (bicyclic) bond motifs is 1. The van der Waals surface area contributed by atoms with E-state index in [0.29, 0.717) is 17.2 Å². The van der Waals surface area contributed by atoms with E-state index in [9.17, 15) is 8.78 Å². The zero-order chi connectivity index (χ0) is 13.4. The standard InChI is InChI=1S/C14H11F2NO2/c1-17(9-2-4-11(15)12(16)6-9)10-3-5-13-14(7-10)19-8-18-13/h2-7H,8H2,1H3. The van der Waals surface area contributed by atoms with Crippen LogP contribution < -0.4 is 14.4 Å². The lowest BCUT2D eigenvalue weighted by Crippen LogP contribution is -2.09. The first-order valence-corrected chi connectivity index (χ1v) is 5.73. The van der Waals surface area contributed by atoms with E-state index in [4.69, 9.17) is 9.47 Å². The second-order valence-electron chi connectivity index (χ2n) is 4.19. The Balaban J connectivity index is 1.94. The van der Waals surface area contributed by atoms with E-state index in [1.807, 2.05) is 6.07 Å². The monoisotopic (exact) mass is 263 g/mol. The minimum atomic E-state index is -0.870. The minimum absolute atomic E-state index is 0.202. The van der Waals surface area contributed by atoms with Crippen molar-refractivity contribution in [2.75, 3.05) is 18.7 Å². The van der Waals surface area contributed by atoms with E-state index in [2.05, 4.69) is 0 Å². The fraction of sp³-hybridized carbons (Fsp3) is 0.143. The van der Waals surface area contributed by atoms with Gasteiger partial charge in [0, 0.05) is 30.6 Å². The number of halogens is 2. The van der Waals surface area contributed by atoms with Gasteiger partial charge in [0.25, 0.3) is 0 Å². The van der Waals surface area contributed by atoms with Crippen LogP contribution in [-0.2, 0) is 0 Å². The SMILES string of the molecule is CN(c1ccc(F)c(F)c1)c1ccc2c(c1)OCO2. The molecule has 19 heavy (non-hydrogen) atoms. The number of rotatable bonds is 2. The number of nitrogens with zero attached hydrogens (tertiary/aromatic N) is 1. The van der Waals surface area contributed by atoms with E-state index in [1.165, 1.54) is 6.07 Å². The second kappa shape index (κ2) is 4.42. The fourth-order valence-corrected chi connectivity index (χ4v) is 1.94. The highest BCUT2D eigenvalue weighted by Gasteiger charge is 2.15. The van der Waals surface area contributed by atoms with Crippen LogP contribution in [0.3, 0.4) is 0 Å². The van der Waals surface area contributed by atoms with Gasteiger partial charge in [0.1, 0.15) is 0 Å². The molecule has 0 fully saturated rings. The first-order chi connectivity index (χ1) is 9.15. The smallest absolute Gasteiger partial charge is 0.231 e. The predicted octanol–water partition coefficient (Wildman–Crippen LogP) is 3.46. The van der Waals surface area contributed by atoms with Gasteiger partial charge in [-0.05, 0) is 24.3 Å². The van der Waals surface area contributed by atoms with Gasteiger partial charge in [0.15, 0.2) is 23.1 Å². The molecule has 0 saturated carbocycles. The third-order valence-electron chi connectivity index (χ3n) is 3.03. The third kappa shape index (κ3) is 2.07. The summed E-state index contributed by atoms with van der Waals surface area (Å²) in [7, 11) is 1.77. The maximum absolute atomic E-state index is 13.2. The number of anilines is 2. The number of hydrogen-bond acceptors (Lipinski definition) is 3. The minimum Gasteiger partial charge on any atom is -0.454 e. The third-order valence-corrected chi connectivity index (χ3v) is 3.03. The average Bonchev–Trinajstić information content (AvgIpc) is 2.88. The zero-order valence-corrected chi connectivity index (χ0v) is 10.2. The summed E-state index contributed by atoms with van der Waals surface area (Å²) in [6.07, 6.45) is 0. The lowest BCUT2D eigenvalue weighted by molar-refractivity contribution is 0.174. The van der Waals surface area contributed by atoms with Crippen molar-refractivity contribution < 1.29 is 18.3 Å². The van der Waals surface area contributed by atoms with Gasteiger partial charge in [0.05, 0.1) is 0 Å². The molecular formula is C14H11F2NO2. The van der Waals surface area contributed by atoms with E-state index in [-0.39, 0.29) is 6.79 Å². The molecule has 0 aliphatic carbocycles. The molecule has 5 heteroatoms. The second-order valence-corrected chi connectivity index (χ2v) is 4.19. The molecule has 0 saturated heterocycles. The molecular weight excluding hydrogens is 252 g/mol. The summed E-state index contributed by atoms with van der Waals surface area (Å²) in [5.74, 6) is -0.401. The molecule has 2 aromatic carbocycles. The Labute approximate surface area is 109 Å². The maximum Gasteiger partial charge on any atom is 0.231 e. The molecule has 0 amide bonds. The van der Waals surface area contributed by atoms with Crippen molar-refractivity contribution in [1.29, 1.82) is 0 Å². The molecule has 0 unspecified atom stereocenters. The molecule has 1 aliphatic rings. The first-order valence-electron chi connectivity index (χ1n) is 5.73. The Morgan fingerprint density at radius 1 is 0.895 bits per heavy atom. The quantitative estimate of drug-likeness (QED) is 0.828. The summed E-state index contributed by atoms with van der Waals surface area (Å²) < 4.78 is 36.7. The van der Waals surface area contributed by atoms with Crippen molar-refractivity contribution in [3.8, 4) is 11.5 Å². The summed E-state index contributed by atoms with van der Waals surface area (Å²) in [5, 5.41) is 0. The van der Waals surface area contributed by atoms with Crippen LogP contribution in [0.5, 0.6) is 11.5 Å². The van der Waals surface area contributed by atoms with Crippen molar-refractivity contribution in [3.63, 3.8) is 0 Å². The van der Waals surface area contributed by atoms with Crippen molar-refractivity contribution in [3.05, 3.63) is 48.0 Å². The summed E-state index contributed by atoms with van der Waals surface area (Å²) in [4.78, 5) is 1.74. The molecule has 0 aromatic heterocycles. The molecule has 0 atom stereocenters. The number of hydrogen-bond donors (Lipinski definition) is 0. The van der Waals surface area contributed by atoms with Crippen LogP contribution in [0.4, 0.5) is 20.2 Å². The van der Waals surface area contributed by atoms with Crippen molar-refractivity contribution in [2.45, 2.75) is 0 Å². The number of ether oxygens (including phenoxy) is 2. The van der Waals surface area contributed by atoms with E-state index >= 15 is 0 Å². The maximum atomic E-state index is 13.2. The van der Waals surface area contributed by atoms with Crippen LogP contribution in [-0.4, -0.2) is 13.8 Å². The highest BCUT2D eigenvalue weighted by atomic mass is 19.2. The van der Waals surface area contributed by atoms with Crippen LogP contribution >= 0.6 is 0 Å². The summed E-state index contributed by atoms with van der Waals surface area (Å²) >= 11 is 0. The van der Waals surface area contributed by atoms with E-state index < -0.39 is 11.6 Å². The summed E-state index contributed by atoms with van der Waals surface area (Å²) in [5.41, 5.74) is 1.35. The van der Waals surface area contributed by atoms with Crippen molar-refractivity contribution in [2.24, 2.45) is 0 Å². The largest absolute Gasteiger partial charge is 0.454 e. The normalized spacial score (nSPS) is 12.6. The highest BCUT2D eigenvalue weighted by molar-refractivity contribution is 5.66. The summed E-state index contributed by atoms with van der Waals surface area (Å²) in [6, 6.07) is 9.18. The topological polar surface area (TPSA) is 21.7 Å². The molecule has 1 heterocycles. The van der Waals surface area contributed by atoms with Crippen molar-refractivity contribution >= 4 is 11.4 Å². The Morgan fingerprint density at radius 2 is 1.58 bits per heavy atom. The Hall–Kier alpha value is -2.30. The Kier molecular flexibility index (Phi) is 2.74. The Morgan fingerprint density at radius 3 is 2.37 bits per heavy atom. The van der Waals surface area contributed by atoms with Crippen LogP contribution in [0.25, 0.3) is 0 Å². The van der Waals surface area contributed by atoms with Crippen LogP contribution in [0.1, 0.15) is 0 Å². The molecule has 3 nitrogen and oxygen atoms in total. The van der Waals surface area contributed by atoms with Gasteiger partial charge in [0.2, 0.25) is 6.79 Å². The van der Waals surface area contributed by atoms with Gasteiger partial charge in [-0.25, -0.2) is 8.78 Å². The van der Waals surface area contributed by atoms with Crippen molar-refractivity contribution in [1.82, 2.24) is 0 Å². The lowest BCUT2D eigenvalue weighted by Gasteiger charge is -2.19. The molecule has 1 aliphatic heterocycles. The van der Waals surface area contributed by atoms with E-state index in [0.717, 1.165) is 17.8 Å². The summed E-state index contributed by atoms with van der Waals surface area (Å²) in [6.45, 7) is 0.202. The highest BCUT2D eigenvalue weighted by Crippen LogP contribution is 2.37. The number of benzene rings is 2. The van der Waals surface area contributed by atoms with Gasteiger partial charge in [-0.15, -0.1) is 0 Å². The predicted molar refractivity (Wildman–Crippen MR) is 67.0 cm³/mol. The zero-order valence-electron chi connectivity index (χ0n) is 10.2. The van der Waals surface area contributed by atoms with Crippen LogP contribution in [0.2, 0.25) is 0 Å². The van der Waals surface area contributed by atoms with Gasteiger partial charge in [-0.1, -0.05) is 0 Å². The molecule has 0 N–H and O–H groups in total. The van der Waals surface area contributed by atoms with Crippen LogP contribution in [0, 0.1) is 11.6 Å². The molecule has 3 rings (SSSR count). The van der Waals surface area contributed by atoms with Gasteiger partial charge in [-0.2, -0.15) is 0 Å². The lowest BCUT2D eigenvalue weighted by atomic mass is 10.2. The molecule has 0 spiro atoms. The first kappa shape index (κ1) is 11.8. The average molecular weight is 263 g/mol. The van der Waals surface area contributed by atoms with E-state index in [1.54, 1.807) is 24.1 Å². The van der Waals surface area contributed by atoms with Gasteiger partial charge >= 0.3 is 0 Å². The Bertz CT molecular complexity index is 631. The van der Waals surface area contributed by atoms with Gasteiger partial charge in [-0.3, -0.25) is 0 Å².